The van der Waals surface area contributed by atoms with Gasteiger partial charge in [0, 0.05) is 14.1 Å². The Labute approximate surface area is 89.2 Å². The van der Waals surface area contributed by atoms with Gasteiger partial charge in [-0.05, 0) is 13.2 Å². The molecule has 0 aromatic rings. The minimum atomic E-state index is 0. The quantitative estimate of drug-likeness (QED) is 0.420. The molecule has 5 heteroatoms. The Morgan fingerprint density at radius 2 is 1.91 bits per heavy atom. The number of hydrogen-bond donors (Lipinski definition) is 1. The summed E-state index contributed by atoms with van der Waals surface area (Å²) in [6.45, 7) is 1.88. The van der Waals surface area contributed by atoms with E-state index in [1.165, 1.54) is 11.8 Å². The highest BCUT2D eigenvalue weighted by Gasteiger charge is 1.94. The first kappa shape index (κ1) is 13.8. The minimum Gasteiger partial charge on any atom is -0.366 e. The topological polar surface area (TPSA) is 39.5 Å². The van der Waals surface area contributed by atoms with Gasteiger partial charge in [0.05, 0.1) is 0 Å². The largest absolute Gasteiger partial charge is 0.366 e. The monoisotopic (exact) mass is 287 g/mol. The van der Waals surface area contributed by atoms with E-state index in [0.717, 1.165) is 5.84 Å². The molecule has 0 aromatic carbocycles. The number of thioether (sulfide) groups is 1. The molecule has 0 atom stereocenters. The molecule has 3 nitrogen and oxygen atoms in total. The Balaban J connectivity index is 0. The number of amidine groups is 2. The van der Waals surface area contributed by atoms with Crippen molar-refractivity contribution >= 4 is 46.7 Å². The lowest BCUT2D eigenvalue weighted by molar-refractivity contribution is 0.620. The molecular formula is C6H14IN3S. The zero-order chi connectivity index (χ0) is 8.15. The van der Waals surface area contributed by atoms with E-state index in [1.807, 2.05) is 32.2 Å². The van der Waals surface area contributed by atoms with Crippen LogP contribution < -0.4 is 0 Å². The molecule has 0 aliphatic rings. The van der Waals surface area contributed by atoms with E-state index in [9.17, 15) is 0 Å². The average Bonchev–Trinajstić information content (AvgIpc) is 1.87. The normalized spacial score (nSPS) is 10.4. The van der Waals surface area contributed by atoms with Crippen LogP contribution in [-0.4, -0.2) is 36.3 Å². The zero-order valence-corrected chi connectivity index (χ0v) is 10.4. The number of halogens is 1. The molecule has 0 saturated carbocycles. The molecule has 0 bridgehead atoms. The second-order valence-corrected chi connectivity index (χ2v) is 2.86. The van der Waals surface area contributed by atoms with Gasteiger partial charge < -0.3 is 4.90 Å². The molecule has 0 rings (SSSR count). The number of nitrogens with zero attached hydrogens (tertiary/aromatic N) is 2. The molecule has 0 amide bonds. The van der Waals surface area contributed by atoms with E-state index in [-0.39, 0.29) is 24.0 Å². The van der Waals surface area contributed by atoms with E-state index in [2.05, 4.69) is 4.99 Å². The highest BCUT2D eigenvalue weighted by Crippen LogP contribution is 1.97. The van der Waals surface area contributed by atoms with E-state index in [4.69, 9.17) is 5.41 Å². The summed E-state index contributed by atoms with van der Waals surface area (Å²) in [6, 6.07) is 0. The van der Waals surface area contributed by atoms with Gasteiger partial charge >= 0.3 is 0 Å². The Bertz CT molecular complexity index is 156. The second-order valence-electron chi connectivity index (χ2n) is 2.06. The van der Waals surface area contributed by atoms with E-state index < -0.39 is 0 Å². The number of rotatable bonds is 0. The lowest BCUT2D eigenvalue weighted by Gasteiger charge is -2.10. The van der Waals surface area contributed by atoms with Crippen molar-refractivity contribution < 1.29 is 0 Å². The van der Waals surface area contributed by atoms with Crippen molar-refractivity contribution in [3.8, 4) is 0 Å². The lowest BCUT2D eigenvalue weighted by Crippen LogP contribution is -2.19. The van der Waals surface area contributed by atoms with Crippen molar-refractivity contribution in [2.24, 2.45) is 4.99 Å². The fourth-order valence-corrected chi connectivity index (χ4v) is 0.516. The van der Waals surface area contributed by atoms with Crippen LogP contribution in [-0.2, 0) is 0 Å². The summed E-state index contributed by atoms with van der Waals surface area (Å²) in [6.07, 6.45) is 1.84. The zero-order valence-electron chi connectivity index (χ0n) is 7.21. The van der Waals surface area contributed by atoms with E-state index in [1.54, 1.807) is 0 Å². The van der Waals surface area contributed by atoms with Crippen molar-refractivity contribution in [1.82, 2.24) is 4.90 Å². The standard InChI is InChI=1S/C6H13N3S.HI/c1-5(9(2)3)8-6(7)10-4;/h7H,1-4H3;1H/b7-6?,8-5-;. The van der Waals surface area contributed by atoms with Gasteiger partial charge in [-0.1, -0.05) is 11.8 Å². The average molecular weight is 287 g/mol. The molecule has 0 aromatic heterocycles. The van der Waals surface area contributed by atoms with Crippen molar-refractivity contribution in [3.05, 3.63) is 0 Å². The highest BCUT2D eigenvalue weighted by atomic mass is 127. The van der Waals surface area contributed by atoms with Crippen LogP contribution in [0.2, 0.25) is 0 Å². The van der Waals surface area contributed by atoms with Crippen molar-refractivity contribution in [2.45, 2.75) is 6.92 Å². The van der Waals surface area contributed by atoms with Crippen LogP contribution in [0.25, 0.3) is 0 Å². The maximum atomic E-state index is 7.21. The van der Waals surface area contributed by atoms with Crippen molar-refractivity contribution in [2.75, 3.05) is 20.4 Å². The third-order valence-corrected chi connectivity index (χ3v) is 1.58. The van der Waals surface area contributed by atoms with Gasteiger partial charge in [0.1, 0.15) is 5.84 Å². The van der Waals surface area contributed by atoms with Crippen LogP contribution in [0, 0.1) is 5.41 Å². The van der Waals surface area contributed by atoms with Gasteiger partial charge in [-0.15, -0.1) is 24.0 Å². The van der Waals surface area contributed by atoms with E-state index in [0.29, 0.717) is 5.17 Å². The highest BCUT2D eigenvalue weighted by molar-refractivity contribution is 14.0. The van der Waals surface area contributed by atoms with E-state index >= 15 is 0 Å². The summed E-state index contributed by atoms with van der Waals surface area (Å²) in [5, 5.41) is 7.56. The SMILES string of the molecule is CSC(=N)/N=C(/C)N(C)C.I. The molecule has 0 radical (unpaired) electrons. The summed E-state index contributed by atoms with van der Waals surface area (Å²) < 4.78 is 0. The predicted octanol–water partition coefficient (Wildman–Crippen LogP) is 1.88. The predicted molar refractivity (Wildman–Crippen MR) is 63.5 cm³/mol. The summed E-state index contributed by atoms with van der Waals surface area (Å²) in [7, 11) is 3.82. The first-order valence-electron chi connectivity index (χ1n) is 2.93. The Morgan fingerprint density at radius 3 is 2.18 bits per heavy atom. The molecule has 0 heterocycles. The molecular weight excluding hydrogens is 273 g/mol. The van der Waals surface area contributed by atoms with Crippen LogP contribution in [0.1, 0.15) is 6.92 Å². The van der Waals surface area contributed by atoms with Gasteiger partial charge in [-0.3, -0.25) is 5.41 Å². The molecule has 66 valence electrons. The maximum absolute atomic E-state index is 7.21. The summed E-state index contributed by atoms with van der Waals surface area (Å²) in [4.78, 5) is 5.86. The lowest BCUT2D eigenvalue weighted by atomic mass is 10.6. The van der Waals surface area contributed by atoms with Crippen LogP contribution in [0.5, 0.6) is 0 Å². The molecule has 11 heavy (non-hydrogen) atoms. The smallest absolute Gasteiger partial charge is 0.181 e. The minimum absolute atomic E-state index is 0. The maximum Gasteiger partial charge on any atom is 0.181 e. The van der Waals surface area contributed by atoms with Crippen LogP contribution >= 0.6 is 35.7 Å². The van der Waals surface area contributed by atoms with Crippen molar-refractivity contribution in [1.29, 1.82) is 5.41 Å². The molecule has 1 N–H and O–H groups in total. The number of aliphatic imine (C=N–C) groups is 1. The number of nitrogens with one attached hydrogen (secondary N) is 1. The molecule has 0 fully saturated rings. The summed E-state index contributed by atoms with van der Waals surface area (Å²) in [5.41, 5.74) is 0. The number of hydrogen-bond acceptors (Lipinski definition) is 2. The fourth-order valence-electron chi connectivity index (χ4n) is 0.293. The molecule has 0 spiro atoms. The van der Waals surface area contributed by atoms with Gasteiger partial charge in [0.2, 0.25) is 0 Å². The third kappa shape index (κ3) is 6.61. The van der Waals surface area contributed by atoms with Gasteiger partial charge in [0.15, 0.2) is 5.17 Å². The summed E-state index contributed by atoms with van der Waals surface area (Å²) >= 11 is 1.34. The molecule has 0 aliphatic heterocycles. The first-order valence-corrected chi connectivity index (χ1v) is 4.15. The van der Waals surface area contributed by atoms with Crippen LogP contribution in [0.4, 0.5) is 0 Å². The van der Waals surface area contributed by atoms with Crippen molar-refractivity contribution in [3.63, 3.8) is 0 Å². The molecule has 0 aliphatic carbocycles. The fraction of sp³-hybridized carbons (Fsp3) is 0.667. The third-order valence-electron chi connectivity index (χ3n) is 1.10. The van der Waals surface area contributed by atoms with Crippen LogP contribution in [0.15, 0.2) is 4.99 Å². The Kier molecular flexibility index (Phi) is 8.65. The van der Waals surface area contributed by atoms with Gasteiger partial charge in [-0.25, -0.2) is 4.99 Å². The van der Waals surface area contributed by atoms with Crippen LogP contribution in [0.3, 0.4) is 0 Å². The van der Waals surface area contributed by atoms with Gasteiger partial charge in [-0.2, -0.15) is 0 Å². The second kappa shape index (κ2) is 6.90. The Morgan fingerprint density at radius 1 is 1.45 bits per heavy atom. The molecule has 0 unspecified atom stereocenters. The Hall–Kier alpha value is 0.220. The molecule has 0 saturated heterocycles. The summed E-state index contributed by atoms with van der Waals surface area (Å²) in [5.74, 6) is 0.861. The van der Waals surface area contributed by atoms with Gasteiger partial charge in [0.25, 0.3) is 0 Å². The first-order chi connectivity index (χ1) is 4.57.